The van der Waals surface area contributed by atoms with Gasteiger partial charge in [-0.05, 0) is 68.7 Å². The summed E-state index contributed by atoms with van der Waals surface area (Å²) < 4.78 is 36.4. The number of hydrogen-bond acceptors (Lipinski definition) is 7. The number of pyridine rings is 2. The van der Waals surface area contributed by atoms with Crippen LogP contribution in [0.25, 0.3) is 11.3 Å². The highest BCUT2D eigenvalue weighted by atomic mass is 79.9. The Morgan fingerprint density at radius 3 is 2.67 bits per heavy atom. The second kappa shape index (κ2) is 10.2. The maximum absolute atomic E-state index is 14.3. The molecule has 4 rings (SSSR count). The number of hydrogen-bond donors (Lipinski definition) is 0. The summed E-state index contributed by atoms with van der Waals surface area (Å²) >= 11 is 3.22. The molecule has 0 saturated heterocycles. The molecule has 1 aromatic carbocycles. The van der Waals surface area contributed by atoms with E-state index in [1.54, 1.807) is 20.0 Å². The number of nitro groups is 1. The summed E-state index contributed by atoms with van der Waals surface area (Å²) in [5.41, 5.74) is 2.48. The van der Waals surface area contributed by atoms with Gasteiger partial charge in [0, 0.05) is 36.4 Å². The fraction of sp³-hybridized carbons (Fsp3) is 0.167. The average Bonchev–Trinajstić information content (AvgIpc) is 3.18. The fourth-order valence-corrected chi connectivity index (χ4v) is 4.07. The predicted molar refractivity (Wildman–Crippen MR) is 128 cm³/mol. The van der Waals surface area contributed by atoms with Crippen LogP contribution in [0.2, 0.25) is 0 Å². The molecule has 0 unspecified atom stereocenters. The third-order valence-electron chi connectivity index (χ3n) is 5.38. The van der Waals surface area contributed by atoms with Gasteiger partial charge in [0.1, 0.15) is 23.8 Å². The van der Waals surface area contributed by atoms with Gasteiger partial charge < -0.3 is 14.9 Å². The normalized spacial score (nSPS) is 11.7. The number of aromatic nitrogens is 4. The average molecular weight is 555 g/mol. The fourth-order valence-electron chi connectivity index (χ4n) is 3.76. The molecule has 0 bridgehead atoms. The molecule has 0 fully saturated rings. The molecule has 0 amide bonds. The molecule has 9 nitrogen and oxygen atoms in total. The van der Waals surface area contributed by atoms with Crippen LogP contribution in [0, 0.1) is 33.1 Å². The second-order valence-corrected chi connectivity index (χ2v) is 8.73. The number of rotatable bonds is 7. The Morgan fingerprint density at radius 1 is 1.19 bits per heavy atom. The number of ether oxygens (including phenoxy) is 1. The Hall–Kier alpha value is -4.24. The summed E-state index contributed by atoms with van der Waals surface area (Å²) in [7, 11) is 1.67. The van der Waals surface area contributed by atoms with E-state index in [2.05, 4.69) is 31.0 Å². The molecule has 36 heavy (non-hydrogen) atoms. The molecular weight excluding hydrogens is 538 g/mol. The molecule has 0 aliphatic carbocycles. The largest absolute Gasteiger partial charge is 0.478 e. The Kier molecular flexibility index (Phi) is 7.03. The molecule has 0 radical (unpaired) electrons. The molecule has 182 valence electrons. The van der Waals surface area contributed by atoms with Gasteiger partial charge in [0.25, 0.3) is 0 Å². The van der Waals surface area contributed by atoms with Crippen molar-refractivity contribution in [3.63, 3.8) is 0 Å². The van der Waals surface area contributed by atoms with Crippen molar-refractivity contribution in [1.82, 2.24) is 19.7 Å². The molecule has 4 aromatic rings. The summed E-state index contributed by atoms with van der Waals surface area (Å²) in [5.74, 6) is -1.73. The predicted octanol–water partition coefficient (Wildman–Crippen LogP) is 5.43. The highest BCUT2D eigenvalue weighted by Crippen LogP contribution is 2.36. The minimum absolute atomic E-state index is 0.108. The van der Waals surface area contributed by atoms with E-state index in [0.717, 1.165) is 6.20 Å². The first-order chi connectivity index (χ1) is 17.2. The standard InChI is InChI=1S/C24H17BrF2N6O3/c1-13(36-22-7-15(25)11-30-24(22)33(34)35)21-8-16(26)3-4-20(21)23-14(5-17(27)12-29-23)6-19-9-18(10-28)31-32(19)2/h3-5,7-9,11-13H,6H2,1-2H3/t13-/m1/s1. The van der Waals surface area contributed by atoms with Crippen molar-refractivity contribution in [2.24, 2.45) is 7.05 Å². The highest BCUT2D eigenvalue weighted by molar-refractivity contribution is 9.10. The second-order valence-electron chi connectivity index (χ2n) is 7.82. The Balaban J connectivity index is 1.78. The summed E-state index contributed by atoms with van der Waals surface area (Å²) in [6.07, 6.45) is 1.64. The zero-order valence-electron chi connectivity index (χ0n) is 18.9. The van der Waals surface area contributed by atoms with E-state index in [1.807, 2.05) is 6.07 Å². The van der Waals surface area contributed by atoms with E-state index in [1.165, 1.54) is 41.2 Å². The molecular formula is C24H17BrF2N6O3. The molecule has 1 atom stereocenters. The van der Waals surface area contributed by atoms with Gasteiger partial charge in [-0.2, -0.15) is 10.4 Å². The van der Waals surface area contributed by atoms with E-state index in [9.17, 15) is 18.9 Å². The summed E-state index contributed by atoms with van der Waals surface area (Å²) in [6.45, 7) is 1.60. The minimum atomic E-state index is -0.868. The van der Waals surface area contributed by atoms with Gasteiger partial charge in [-0.3, -0.25) is 9.67 Å². The van der Waals surface area contributed by atoms with Crippen molar-refractivity contribution in [2.45, 2.75) is 19.4 Å². The summed E-state index contributed by atoms with van der Waals surface area (Å²) in [6, 6.07) is 10.2. The van der Waals surface area contributed by atoms with E-state index in [0.29, 0.717) is 32.6 Å². The van der Waals surface area contributed by atoms with Gasteiger partial charge in [-0.25, -0.2) is 8.78 Å². The number of halogens is 3. The molecule has 0 aliphatic rings. The van der Waals surface area contributed by atoms with Crippen LogP contribution in [0.1, 0.15) is 35.5 Å². The lowest BCUT2D eigenvalue weighted by Gasteiger charge is -2.19. The maximum atomic E-state index is 14.3. The quantitative estimate of drug-likeness (QED) is 0.220. The lowest BCUT2D eigenvalue weighted by atomic mass is 9.95. The van der Waals surface area contributed by atoms with Crippen LogP contribution >= 0.6 is 15.9 Å². The van der Waals surface area contributed by atoms with Crippen LogP contribution in [-0.4, -0.2) is 24.7 Å². The Morgan fingerprint density at radius 2 is 1.97 bits per heavy atom. The molecule has 3 aromatic heterocycles. The van der Waals surface area contributed by atoms with E-state index in [-0.39, 0.29) is 17.9 Å². The van der Waals surface area contributed by atoms with Crippen molar-refractivity contribution in [2.75, 3.05) is 0 Å². The van der Waals surface area contributed by atoms with Gasteiger partial charge in [0.05, 0.1) is 16.4 Å². The maximum Gasteiger partial charge on any atom is 0.406 e. The lowest BCUT2D eigenvalue weighted by Crippen LogP contribution is -2.09. The molecule has 3 heterocycles. The number of benzene rings is 1. The molecule has 0 spiro atoms. The van der Waals surface area contributed by atoms with E-state index in [4.69, 9.17) is 10.00 Å². The SMILES string of the molecule is C[C@@H](Oc1cc(Br)cnc1[N+](=O)[O-])c1cc(F)ccc1-c1ncc(F)cc1Cc1cc(C#N)nn1C. The van der Waals surface area contributed by atoms with Crippen LogP contribution in [-0.2, 0) is 13.5 Å². The van der Waals surface area contributed by atoms with Gasteiger partial charge in [0.15, 0.2) is 11.9 Å². The van der Waals surface area contributed by atoms with Crippen LogP contribution in [0.5, 0.6) is 5.75 Å². The van der Waals surface area contributed by atoms with E-state index >= 15 is 0 Å². The number of nitriles is 1. The zero-order valence-corrected chi connectivity index (χ0v) is 20.5. The molecule has 0 saturated carbocycles. The topological polar surface area (TPSA) is 120 Å². The molecule has 0 N–H and O–H groups in total. The first-order valence-corrected chi connectivity index (χ1v) is 11.3. The van der Waals surface area contributed by atoms with Gasteiger partial charge in [-0.15, -0.1) is 0 Å². The highest BCUT2D eigenvalue weighted by Gasteiger charge is 2.24. The van der Waals surface area contributed by atoms with Crippen LogP contribution < -0.4 is 4.74 Å². The van der Waals surface area contributed by atoms with Crippen LogP contribution in [0.15, 0.2) is 53.3 Å². The minimum Gasteiger partial charge on any atom is -0.478 e. The third-order valence-corrected chi connectivity index (χ3v) is 5.81. The van der Waals surface area contributed by atoms with Crippen LogP contribution in [0.4, 0.5) is 14.6 Å². The summed E-state index contributed by atoms with van der Waals surface area (Å²) in [4.78, 5) is 18.8. The first-order valence-electron chi connectivity index (χ1n) is 10.5. The van der Waals surface area contributed by atoms with Gasteiger partial charge >= 0.3 is 5.82 Å². The third kappa shape index (κ3) is 5.21. The zero-order chi connectivity index (χ0) is 26.0. The Labute approximate surface area is 212 Å². The van der Waals surface area contributed by atoms with Crippen molar-refractivity contribution >= 4 is 21.7 Å². The van der Waals surface area contributed by atoms with Crippen molar-refractivity contribution in [3.05, 3.63) is 97.5 Å². The smallest absolute Gasteiger partial charge is 0.406 e. The lowest BCUT2D eigenvalue weighted by molar-refractivity contribution is -0.390. The van der Waals surface area contributed by atoms with Gasteiger partial charge in [0.2, 0.25) is 5.75 Å². The van der Waals surface area contributed by atoms with Gasteiger partial charge in [-0.1, -0.05) is 0 Å². The molecule has 12 heteroatoms. The van der Waals surface area contributed by atoms with E-state index < -0.39 is 28.5 Å². The van der Waals surface area contributed by atoms with Crippen LogP contribution in [0.3, 0.4) is 0 Å². The van der Waals surface area contributed by atoms with Crippen molar-refractivity contribution in [1.29, 1.82) is 5.26 Å². The monoisotopic (exact) mass is 554 g/mol. The molecule has 0 aliphatic heterocycles. The number of nitrogens with zero attached hydrogens (tertiary/aromatic N) is 6. The van der Waals surface area contributed by atoms with Crippen molar-refractivity contribution < 1.29 is 18.4 Å². The summed E-state index contributed by atoms with van der Waals surface area (Å²) in [5, 5.41) is 24.6. The number of aryl methyl sites for hydroxylation is 1. The Bertz CT molecular complexity index is 1520. The first kappa shape index (κ1) is 24.9. The van der Waals surface area contributed by atoms with Crippen molar-refractivity contribution in [3.8, 4) is 23.1 Å².